The summed E-state index contributed by atoms with van der Waals surface area (Å²) in [6.07, 6.45) is 4.84. The SMILES string of the molecule is CC1(C)Cc2c(nc3ncccn23)-c2ccccc21. The molecule has 2 aromatic heterocycles. The van der Waals surface area contributed by atoms with Crippen molar-refractivity contribution in [2.24, 2.45) is 0 Å². The molecule has 0 spiro atoms. The predicted molar refractivity (Wildman–Crippen MR) is 75.2 cm³/mol. The third-order valence-corrected chi connectivity index (χ3v) is 4.02. The first-order valence-corrected chi connectivity index (χ1v) is 6.59. The van der Waals surface area contributed by atoms with Crippen molar-refractivity contribution < 1.29 is 0 Å². The molecule has 0 saturated carbocycles. The van der Waals surface area contributed by atoms with Gasteiger partial charge in [-0.25, -0.2) is 9.97 Å². The molecular weight excluding hydrogens is 234 g/mol. The predicted octanol–water partition coefficient (Wildman–Crippen LogP) is 3.23. The molecule has 0 amide bonds. The first-order valence-electron chi connectivity index (χ1n) is 6.59. The molecule has 19 heavy (non-hydrogen) atoms. The third kappa shape index (κ3) is 1.38. The maximum atomic E-state index is 4.71. The second-order valence-electron chi connectivity index (χ2n) is 5.80. The molecule has 0 atom stereocenters. The van der Waals surface area contributed by atoms with E-state index in [4.69, 9.17) is 4.98 Å². The minimum absolute atomic E-state index is 0.134. The van der Waals surface area contributed by atoms with Gasteiger partial charge < -0.3 is 0 Å². The molecule has 0 aliphatic heterocycles. The van der Waals surface area contributed by atoms with E-state index in [1.807, 2.05) is 6.07 Å². The van der Waals surface area contributed by atoms with E-state index in [1.165, 1.54) is 16.8 Å². The fourth-order valence-electron chi connectivity index (χ4n) is 3.11. The molecular formula is C16H15N3. The molecule has 0 radical (unpaired) electrons. The zero-order valence-corrected chi connectivity index (χ0v) is 11.1. The maximum Gasteiger partial charge on any atom is 0.234 e. The topological polar surface area (TPSA) is 30.2 Å². The molecule has 1 aliphatic rings. The zero-order chi connectivity index (χ0) is 13.0. The average Bonchev–Trinajstić information content (AvgIpc) is 2.77. The lowest BCUT2D eigenvalue weighted by atomic mass is 9.73. The summed E-state index contributed by atoms with van der Waals surface area (Å²) in [5.41, 5.74) is 5.13. The Bertz CT molecular complexity index is 784. The van der Waals surface area contributed by atoms with Gasteiger partial charge in [-0.05, 0) is 23.5 Å². The highest BCUT2D eigenvalue weighted by Crippen LogP contribution is 2.42. The molecule has 0 N–H and O–H groups in total. The molecule has 0 unspecified atom stereocenters. The highest BCUT2D eigenvalue weighted by Gasteiger charge is 2.33. The third-order valence-electron chi connectivity index (χ3n) is 4.02. The molecule has 0 saturated heterocycles. The van der Waals surface area contributed by atoms with Crippen LogP contribution in [0.5, 0.6) is 0 Å². The summed E-state index contributed by atoms with van der Waals surface area (Å²) >= 11 is 0. The van der Waals surface area contributed by atoms with Crippen LogP contribution in [0.15, 0.2) is 42.7 Å². The van der Waals surface area contributed by atoms with Gasteiger partial charge in [0.05, 0.1) is 11.4 Å². The number of benzene rings is 1. The molecule has 1 aliphatic carbocycles. The molecule has 4 rings (SSSR count). The van der Waals surface area contributed by atoms with E-state index in [9.17, 15) is 0 Å². The Balaban J connectivity index is 2.12. The van der Waals surface area contributed by atoms with Crippen molar-refractivity contribution in [3.63, 3.8) is 0 Å². The number of rotatable bonds is 0. The number of hydrogen-bond acceptors (Lipinski definition) is 2. The second-order valence-corrected chi connectivity index (χ2v) is 5.80. The van der Waals surface area contributed by atoms with E-state index in [1.54, 1.807) is 6.20 Å². The monoisotopic (exact) mass is 249 g/mol. The molecule has 1 aromatic carbocycles. The van der Waals surface area contributed by atoms with Crippen molar-refractivity contribution in [1.29, 1.82) is 0 Å². The first-order chi connectivity index (χ1) is 9.17. The molecule has 3 aromatic rings. The summed E-state index contributed by atoms with van der Waals surface area (Å²) in [6, 6.07) is 10.5. The van der Waals surface area contributed by atoms with Crippen LogP contribution in [0.2, 0.25) is 0 Å². The molecule has 0 bridgehead atoms. The van der Waals surface area contributed by atoms with Gasteiger partial charge in [0.15, 0.2) is 0 Å². The fraction of sp³-hybridized carbons (Fsp3) is 0.250. The van der Waals surface area contributed by atoms with Crippen LogP contribution in [0.4, 0.5) is 0 Å². The summed E-state index contributed by atoms with van der Waals surface area (Å²) in [6.45, 7) is 4.59. The van der Waals surface area contributed by atoms with Gasteiger partial charge in [0.25, 0.3) is 0 Å². The van der Waals surface area contributed by atoms with Gasteiger partial charge in [0.2, 0.25) is 5.78 Å². The summed E-state index contributed by atoms with van der Waals surface area (Å²) in [7, 11) is 0. The Kier molecular flexibility index (Phi) is 1.94. The highest BCUT2D eigenvalue weighted by molar-refractivity contribution is 5.73. The van der Waals surface area contributed by atoms with Gasteiger partial charge in [0.1, 0.15) is 0 Å². The number of aromatic nitrogens is 3. The number of imidazole rings is 1. The average molecular weight is 249 g/mol. The van der Waals surface area contributed by atoms with Crippen LogP contribution in [0.3, 0.4) is 0 Å². The highest BCUT2D eigenvalue weighted by atomic mass is 15.1. The first kappa shape index (κ1) is 10.7. The molecule has 3 heteroatoms. The lowest BCUT2D eigenvalue weighted by Crippen LogP contribution is -2.26. The number of fused-ring (bicyclic) bond motifs is 5. The van der Waals surface area contributed by atoms with E-state index >= 15 is 0 Å². The van der Waals surface area contributed by atoms with Crippen molar-refractivity contribution in [3.8, 4) is 11.3 Å². The van der Waals surface area contributed by atoms with Crippen LogP contribution < -0.4 is 0 Å². The summed E-state index contributed by atoms with van der Waals surface area (Å²) in [5.74, 6) is 0.792. The minimum Gasteiger partial charge on any atom is -0.287 e. The van der Waals surface area contributed by atoms with Crippen LogP contribution in [-0.4, -0.2) is 14.4 Å². The van der Waals surface area contributed by atoms with Crippen LogP contribution in [0, 0.1) is 0 Å². The largest absolute Gasteiger partial charge is 0.287 e. The van der Waals surface area contributed by atoms with Gasteiger partial charge in [-0.3, -0.25) is 4.40 Å². The second kappa shape index (κ2) is 3.44. The fourth-order valence-corrected chi connectivity index (χ4v) is 3.11. The van der Waals surface area contributed by atoms with Crippen molar-refractivity contribution in [2.75, 3.05) is 0 Å². The Labute approximate surface area is 111 Å². The van der Waals surface area contributed by atoms with Crippen LogP contribution in [0.1, 0.15) is 25.1 Å². The van der Waals surface area contributed by atoms with Crippen molar-refractivity contribution in [1.82, 2.24) is 14.4 Å². The van der Waals surface area contributed by atoms with Gasteiger partial charge in [0, 0.05) is 18.0 Å². The Hall–Kier alpha value is -2.16. The minimum atomic E-state index is 0.134. The summed E-state index contributed by atoms with van der Waals surface area (Å²) < 4.78 is 2.12. The van der Waals surface area contributed by atoms with Gasteiger partial charge in [-0.1, -0.05) is 38.1 Å². The zero-order valence-electron chi connectivity index (χ0n) is 11.1. The molecule has 3 nitrogen and oxygen atoms in total. The summed E-state index contributed by atoms with van der Waals surface area (Å²) in [4.78, 5) is 9.07. The number of hydrogen-bond donors (Lipinski definition) is 0. The molecule has 0 fully saturated rings. The van der Waals surface area contributed by atoms with Crippen molar-refractivity contribution >= 4 is 5.78 Å². The lowest BCUT2D eigenvalue weighted by Gasteiger charge is -2.31. The van der Waals surface area contributed by atoms with E-state index in [-0.39, 0.29) is 5.41 Å². The maximum absolute atomic E-state index is 4.71. The van der Waals surface area contributed by atoms with E-state index < -0.39 is 0 Å². The number of nitrogens with zero attached hydrogens (tertiary/aromatic N) is 3. The Morgan fingerprint density at radius 3 is 2.89 bits per heavy atom. The summed E-state index contributed by atoms with van der Waals surface area (Å²) in [5, 5.41) is 0. The standard InChI is InChI=1S/C16H15N3/c1-16(2)10-13-14(11-6-3-4-7-12(11)16)18-15-17-8-5-9-19(13)15/h3-9H,10H2,1-2H3. The van der Waals surface area contributed by atoms with Gasteiger partial charge >= 0.3 is 0 Å². The lowest BCUT2D eigenvalue weighted by molar-refractivity contribution is 0.507. The van der Waals surface area contributed by atoms with Crippen LogP contribution in [0.25, 0.3) is 17.0 Å². The molecule has 2 heterocycles. The van der Waals surface area contributed by atoms with Crippen molar-refractivity contribution in [2.45, 2.75) is 25.7 Å². The molecule has 94 valence electrons. The van der Waals surface area contributed by atoms with Crippen LogP contribution in [-0.2, 0) is 11.8 Å². The smallest absolute Gasteiger partial charge is 0.234 e. The normalized spacial score (nSPS) is 16.1. The van der Waals surface area contributed by atoms with Crippen LogP contribution >= 0.6 is 0 Å². The van der Waals surface area contributed by atoms with Gasteiger partial charge in [-0.2, -0.15) is 0 Å². The Morgan fingerprint density at radius 2 is 2.00 bits per heavy atom. The van der Waals surface area contributed by atoms with E-state index in [0.717, 1.165) is 17.9 Å². The van der Waals surface area contributed by atoms with Crippen molar-refractivity contribution in [3.05, 3.63) is 54.0 Å². The van der Waals surface area contributed by atoms with E-state index in [0.29, 0.717) is 0 Å². The Morgan fingerprint density at radius 1 is 1.16 bits per heavy atom. The van der Waals surface area contributed by atoms with Gasteiger partial charge in [-0.15, -0.1) is 0 Å². The quantitative estimate of drug-likeness (QED) is 0.612. The van der Waals surface area contributed by atoms with E-state index in [2.05, 4.69) is 53.7 Å².